The van der Waals surface area contributed by atoms with E-state index in [2.05, 4.69) is 15.0 Å². The fraction of sp³-hybridized carbons (Fsp3) is 0.312. The first-order chi connectivity index (χ1) is 10.5. The molecule has 0 aliphatic heterocycles. The lowest BCUT2D eigenvalue weighted by Crippen LogP contribution is -2.44. The number of thiazole rings is 1. The lowest BCUT2D eigenvalue weighted by atomic mass is 10.0. The van der Waals surface area contributed by atoms with Crippen molar-refractivity contribution in [2.45, 2.75) is 19.9 Å². The summed E-state index contributed by atoms with van der Waals surface area (Å²) in [5.41, 5.74) is 0.905. The molecule has 1 unspecified atom stereocenters. The first kappa shape index (κ1) is 16.2. The first-order valence-electron chi connectivity index (χ1n) is 6.93. The van der Waals surface area contributed by atoms with Crippen molar-refractivity contribution >= 4 is 39.5 Å². The van der Waals surface area contributed by atoms with Crippen molar-refractivity contribution in [2.75, 3.05) is 7.11 Å². The Morgan fingerprint density at radius 2 is 2.05 bits per heavy atom. The second kappa shape index (κ2) is 7.17. The lowest BCUT2D eigenvalue weighted by Gasteiger charge is -2.18. The Kier molecular flexibility index (Phi) is 5.27. The normalized spacial score (nSPS) is 12.7. The first-order valence-corrected chi connectivity index (χ1v) is 7.75. The lowest BCUT2D eigenvalue weighted by molar-refractivity contribution is -0.145. The van der Waals surface area contributed by atoms with Crippen LogP contribution in [0.4, 0.5) is 0 Å². The number of amides is 1. The van der Waals surface area contributed by atoms with E-state index < -0.39 is 12.0 Å². The maximum Gasteiger partial charge on any atom is 0.328 e. The van der Waals surface area contributed by atoms with Crippen molar-refractivity contribution in [3.8, 4) is 0 Å². The topological polar surface area (TPSA) is 68.3 Å². The van der Waals surface area contributed by atoms with Crippen LogP contribution in [0, 0.1) is 5.92 Å². The van der Waals surface area contributed by atoms with Gasteiger partial charge in [0, 0.05) is 6.08 Å². The van der Waals surface area contributed by atoms with Crippen LogP contribution in [0.15, 0.2) is 30.3 Å². The third-order valence-corrected chi connectivity index (χ3v) is 4.11. The van der Waals surface area contributed by atoms with Gasteiger partial charge in [-0.2, -0.15) is 0 Å². The van der Waals surface area contributed by atoms with Gasteiger partial charge in [0.2, 0.25) is 5.91 Å². The number of para-hydroxylation sites is 1. The molecule has 1 heterocycles. The largest absolute Gasteiger partial charge is 0.467 e. The van der Waals surface area contributed by atoms with E-state index in [4.69, 9.17) is 0 Å². The maximum absolute atomic E-state index is 11.9. The van der Waals surface area contributed by atoms with Crippen molar-refractivity contribution in [3.05, 3.63) is 35.3 Å². The van der Waals surface area contributed by atoms with Gasteiger partial charge >= 0.3 is 5.97 Å². The fourth-order valence-corrected chi connectivity index (χ4v) is 2.80. The van der Waals surface area contributed by atoms with E-state index in [0.717, 1.165) is 15.2 Å². The summed E-state index contributed by atoms with van der Waals surface area (Å²) in [6.45, 7) is 3.69. The van der Waals surface area contributed by atoms with Gasteiger partial charge in [-0.05, 0) is 24.1 Å². The standard InChI is InChI=1S/C16H18N2O3S/c1-10(2)15(16(20)21-3)18-13(19)8-9-14-17-11-6-4-5-7-12(11)22-14/h4-10,15H,1-3H3,(H,18,19)/b9-8+. The number of carbonyl (C=O) groups excluding carboxylic acids is 2. The number of nitrogens with zero attached hydrogens (tertiary/aromatic N) is 1. The predicted octanol–water partition coefficient (Wildman–Crippen LogP) is 2.62. The van der Waals surface area contributed by atoms with Gasteiger partial charge in [-0.1, -0.05) is 26.0 Å². The summed E-state index contributed by atoms with van der Waals surface area (Å²) in [5, 5.41) is 3.39. The summed E-state index contributed by atoms with van der Waals surface area (Å²) in [6, 6.07) is 7.12. The zero-order valence-corrected chi connectivity index (χ0v) is 13.5. The summed E-state index contributed by atoms with van der Waals surface area (Å²) >= 11 is 1.51. The second-order valence-electron chi connectivity index (χ2n) is 5.11. The van der Waals surface area contributed by atoms with E-state index in [1.807, 2.05) is 38.1 Å². The number of hydrogen-bond acceptors (Lipinski definition) is 5. The van der Waals surface area contributed by atoms with E-state index in [0.29, 0.717) is 0 Å². The van der Waals surface area contributed by atoms with Crippen molar-refractivity contribution in [2.24, 2.45) is 5.92 Å². The Morgan fingerprint density at radius 1 is 1.32 bits per heavy atom. The third kappa shape index (κ3) is 3.92. The minimum Gasteiger partial charge on any atom is -0.467 e. The molecule has 1 aromatic heterocycles. The van der Waals surface area contributed by atoms with E-state index in [-0.39, 0.29) is 11.8 Å². The Balaban J connectivity index is 2.05. The van der Waals surface area contributed by atoms with E-state index in [1.165, 1.54) is 24.5 Å². The number of fused-ring (bicyclic) bond motifs is 1. The van der Waals surface area contributed by atoms with Gasteiger partial charge in [-0.3, -0.25) is 4.79 Å². The highest BCUT2D eigenvalue weighted by molar-refractivity contribution is 7.19. The van der Waals surface area contributed by atoms with Crippen LogP contribution in [0.5, 0.6) is 0 Å². The molecule has 1 N–H and O–H groups in total. The molecule has 0 saturated carbocycles. The molecule has 0 radical (unpaired) electrons. The predicted molar refractivity (Wildman–Crippen MR) is 87.4 cm³/mol. The smallest absolute Gasteiger partial charge is 0.328 e. The van der Waals surface area contributed by atoms with Gasteiger partial charge in [-0.25, -0.2) is 9.78 Å². The highest BCUT2D eigenvalue weighted by Gasteiger charge is 2.23. The number of rotatable bonds is 5. The number of nitrogens with one attached hydrogen (secondary N) is 1. The van der Waals surface area contributed by atoms with Crippen LogP contribution in [0.25, 0.3) is 16.3 Å². The molecular formula is C16H18N2O3S. The number of carbonyl (C=O) groups is 2. The molecule has 0 spiro atoms. The van der Waals surface area contributed by atoms with Crippen LogP contribution in [0.1, 0.15) is 18.9 Å². The molecule has 22 heavy (non-hydrogen) atoms. The van der Waals surface area contributed by atoms with Gasteiger partial charge in [-0.15, -0.1) is 11.3 Å². The highest BCUT2D eigenvalue weighted by atomic mass is 32.1. The van der Waals surface area contributed by atoms with Crippen molar-refractivity contribution < 1.29 is 14.3 Å². The minimum atomic E-state index is -0.655. The SMILES string of the molecule is COC(=O)C(NC(=O)/C=C/c1nc2ccccc2s1)C(C)C. The second-order valence-corrected chi connectivity index (χ2v) is 6.17. The Bertz CT molecular complexity index is 673. The van der Waals surface area contributed by atoms with Gasteiger partial charge in [0.05, 0.1) is 17.3 Å². The molecule has 1 atom stereocenters. The number of aromatic nitrogens is 1. The van der Waals surface area contributed by atoms with E-state index in [1.54, 1.807) is 6.08 Å². The average Bonchev–Trinajstić information content (AvgIpc) is 2.92. The highest BCUT2D eigenvalue weighted by Crippen LogP contribution is 2.22. The van der Waals surface area contributed by atoms with E-state index in [9.17, 15) is 9.59 Å². The Morgan fingerprint density at radius 3 is 2.68 bits per heavy atom. The average molecular weight is 318 g/mol. The molecule has 2 rings (SSSR count). The zero-order valence-electron chi connectivity index (χ0n) is 12.7. The van der Waals surface area contributed by atoms with Gasteiger partial charge in [0.25, 0.3) is 0 Å². The molecule has 0 saturated heterocycles. The van der Waals surface area contributed by atoms with Gasteiger partial charge in [0.1, 0.15) is 11.0 Å². The molecule has 1 aromatic carbocycles. The summed E-state index contributed by atoms with van der Waals surface area (Å²) in [7, 11) is 1.31. The van der Waals surface area contributed by atoms with Crippen LogP contribution in [0.2, 0.25) is 0 Å². The Labute approximate surface area is 133 Å². The third-order valence-electron chi connectivity index (χ3n) is 3.11. The van der Waals surface area contributed by atoms with Crippen LogP contribution in [-0.2, 0) is 14.3 Å². The summed E-state index contributed by atoms with van der Waals surface area (Å²) < 4.78 is 5.76. The van der Waals surface area contributed by atoms with Crippen LogP contribution in [-0.4, -0.2) is 30.0 Å². The summed E-state index contributed by atoms with van der Waals surface area (Å²) in [5.74, 6) is -0.840. The molecule has 1 amide bonds. The van der Waals surface area contributed by atoms with E-state index >= 15 is 0 Å². The molecule has 0 aliphatic carbocycles. The quantitative estimate of drug-likeness (QED) is 0.680. The van der Waals surface area contributed by atoms with Crippen LogP contribution < -0.4 is 5.32 Å². The van der Waals surface area contributed by atoms with Crippen molar-refractivity contribution in [1.82, 2.24) is 10.3 Å². The zero-order chi connectivity index (χ0) is 16.1. The molecule has 116 valence electrons. The number of benzene rings is 1. The summed E-state index contributed by atoms with van der Waals surface area (Å²) in [6.07, 6.45) is 3.03. The molecule has 6 heteroatoms. The van der Waals surface area contributed by atoms with Gasteiger partial charge in [0.15, 0.2) is 0 Å². The number of ether oxygens (including phenoxy) is 1. The molecule has 0 bridgehead atoms. The molecule has 0 fully saturated rings. The van der Waals surface area contributed by atoms with Crippen molar-refractivity contribution in [1.29, 1.82) is 0 Å². The molecule has 5 nitrogen and oxygen atoms in total. The maximum atomic E-state index is 11.9. The van der Waals surface area contributed by atoms with Crippen LogP contribution >= 0.6 is 11.3 Å². The van der Waals surface area contributed by atoms with Crippen LogP contribution in [0.3, 0.4) is 0 Å². The minimum absolute atomic E-state index is 0.0488. The Hall–Kier alpha value is -2.21. The monoisotopic (exact) mass is 318 g/mol. The van der Waals surface area contributed by atoms with Crippen molar-refractivity contribution in [3.63, 3.8) is 0 Å². The number of methoxy groups -OCH3 is 1. The fourth-order valence-electron chi connectivity index (χ4n) is 1.93. The molecule has 2 aromatic rings. The summed E-state index contributed by atoms with van der Waals surface area (Å²) in [4.78, 5) is 28.0. The molecule has 0 aliphatic rings. The number of hydrogen-bond donors (Lipinski definition) is 1. The molecular weight excluding hydrogens is 300 g/mol. The van der Waals surface area contributed by atoms with Gasteiger partial charge < -0.3 is 10.1 Å². The number of esters is 1.